The van der Waals surface area contributed by atoms with E-state index in [2.05, 4.69) is 5.32 Å². The molecule has 1 rings (SSSR count). The molecule has 0 radical (unpaired) electrons. The standard InChI is InChI=1S/C12H15NO4S/c1-8(14)13-11(12(15)16)7-9-3-5-10(6-4-9)18(2)17/h3-6,11H,7H2,1-2H3,(H,13,14)(H,15,16). The van der Waals surface area contributed by atoms with Gasteiger partial charge < -0.3 is 10.4 Å². The zero-order valence-electron chi connectivity index (χ0n) is 10.2. The summed E-state index contributed by atoms with van der Waals surface area (Å²) in [6.07, 6.45) is 1.78. The molecule has 18 heavy (non-hydrogen) atoms. The summed E-state index contributed by atoms with van der Waals surface area (Å²) in [5, 5.41) is 11.3. The van der Waals surface area contributed by atoms with Crippen molar-refractivity contribution in [2.24, 2.45) is 0 Å². The summed E-state index contributed by atoms with van der Waals surface area (Å²) < 4.78 is 11.2. The van der Waals surface area contributed by atoms with E-state index in [0.717, 1.165) is 5.56 Å². The van der Waals surface area contributed by atoms with E-state index in [1.54, 1.807) is 30.5 Å². The molecule has 0 aliphatic carbocycles. The van der Waals surface area contributed by atoms with Crippen LogP contribution in [0.4, 0.5) is 0 Å². The number of benzene rings is 1. The van der Waals surface area contributed by atoms with E-state index in [-0.39, 0.29) is 12.3 Å². The van der Waals surface area contributed by atoms with Crippen molar-refractivity contribution in [3.8, 4) is 0 Å². The number of hydrogen-bond donors (Lipinski definition) is 2. The Bertz CT molecular complexity index is 469. The molecule has 2 atom stereocenters. The van der Waals surface area contributed by atoms with Crippen LogP contribution in [0.3, 0.4) is 0 Å². The van der Waals surface area contributed by atoms with Crippen molar-refractivity contribution >= 4 is 22.7 Å². The average molecular weight is 269 g/mol. The third-order valence-corrected chi connectivity index (χ3v) is 3.31. The van der Waals surface area contributed by atoms with Gasteiger partial charge in [0, 0.05) is 35.3 Å². The Hall–Kier alpha value is -1.69. The van der Waals surface area contributed by atoms with Gasteiger partial charge in [-0.05, 0) is 17.7 Å². The van der Waals surface area contributed by atoms with Crippen LogP contribution < -0.4 is 5.32 Å². The van der Waals surface area contributed by atoms with Crippen LogP contribution in [-0.4, -0.2) is 33.5 Å². The second kappa shape index (κ2) is 6.30. The molecule has 6 heteroatoms. The van der Waals surface area contributed by atoms with Gasteiger partial charge in [-0.1, -0.05) is 12.1 Å². The van der Waals surface area contributed by atoms with E-state index in [1.807, 2.05) is 0 Å². The monoisotopic (exact) mass is 269 g/mol. The fourth-order valence-corrected chi connectivity index (χ4v) is 2.02. The lowest BCUT2D eigenvalue weighted by atomic mass is 10.1. The van der Waals surface area contributed by atoms with E-state index in [4.69, 9.17) is 5.11 Å². The Balaban J connectivity index is 2.78. The van der Waals surface area contributed by atoms with Crippen LogP contribution in [0.25, 0.3) is 0 Å². The topological polar surface area (TPSA) is 83.5 Å². The SMILES string of the molecule is CC(=O)NC(Cc1ccc(S(C)=O)cc1)C(=O)O. The molecule has 1 aromatic rings. The summed E-state index contributed by atoms with van der Waals surface area (Å²) in [7, 11) is -1.05. The highest BCUT2D eigenvalue weighted by Gasteiger charge is 2.18. The zero-order chi connectivity index (χ0) is 13.7. The number of carbonyl (C=O) groups excluding carboxylic acids is 1. The van der Waals surface area contributed by atoms with Crippen molar-refractivity contribution in [3.05, 3.63) is 29.8 Å². The van der Waals surface area contributed by atoms with Gasteiger partial charge in [-0.25, -0.2) is 4.79 Å². The molecule has 1 amide bonds. The number of amides is 1. The van der Waals surface area contributed by atoms with Gasteiger partial charge in [0.05, 0.1) is 0 Å². The summed E-state index contributed by atoms with van der Waals surface area (Å²) in [6, 6.07) is 5.87. The molecule has 1 aromatic carbocycles. The van der Waals surface area contributed by atoms with Crippen LogP contribution in [-0.2, 0) is 26.8 Å². The molecule has 0 saturated carbocycles. The van der Waals surface area contributed by atoms with Gasteiger partial charge >= 0.3 is 5.97 Å². The number of carboxylic acid groups (broad SMARTS) is 1. The molecular weight excluding hydrogens is 254 g/mol. The molecule has 0 heterocycles. The molecule has 2 N–H and O–H groups in total. The highest BCUT2D eigenvalue weighted by Crippen LogP contribution is 2.09. The number of hydrogen-bond acceptors (Lipinski definition) is 3. The van der Waals surface area contributed by atoms with Gasteiger partial charge in [-0.15, -0.1) is 0 Å². The fraction of sp³-hybridized carbons (Fsp3) is 0.333. The van der Waals surface area contributed by atoms with Crippen molar-refractivity contribution < 1.29 is 18.9 Å². The minimum atomic E-state index is -1.08. The van der Waals surface area contributed by atoms with Gasteiger partial charge in [0.25, 0.3) is 0 Å². The predicted octanol–water partition coefficient (Wildman–Crippen LogP) is 0.556. The van der Waals surface area contributed by atoms with Crippen LogP contribution in [0.1, 0.15) is 12.5 Å². The summed E-state index contributed by atoms with van der Waals surface area (Å²) >= 11 is 0. The first-order valence-electron chi connectivity index (χ1n) is 5.32. The van der Waals surface area contributed by atoms with Gasteiger partial charge in [0.1, 0.15) is 6.04 Å². The van der Waals surface area contributed by atoms with Gasteiger partial charge in [-0.2, -0.15) is 0 Å². The van der Waals surface area contributed by atoms with Gasteiger partial charge in [0.2, 0.25) is 5.91 Å². The van der Waals surface area contributed by atoms with Crippen LogP contribution >= 0.6 is 0 Å². The van der Waals surface area contributed by atoms with Crippen LogP contribution in [0.15, 0.2) is 29.2 Å². The first-order chi connectivity index (χ1) is 8.40. The van der Waals surface area contributed by atoms with Crippen LogP contribution in [0, 0.1) is 0 Å². The lowest BCUT2D eigenvalue weighted by molar-refractivity contribution is -0.141. The Labute approximate surface area is 108 Å². The molecule has 0 saturated heterocycles. The third-order valence-electron chi connectivity index (χ3n) is 2.37. The lowest BCUT2D eigenvalue weighted by Gasteiger charge is -2.13. The first-order valence-corrected chi connectivity index (χ1v) is 6.88. The minimum Gasteiger partial charge on any atom is -0.480 e. The second-order valence-corrected chi connectivity index (χ2v) is 5.27. The van der Waals surface area contributed by atoms with Gasteiger partial charge in [0.15, 0.2) is 0 Å². The number of nitrogens with one attached hydrogen (secondary N) is 1. The van der Waals surface area contributed by atoms with E-state index in [9.17, 15) is 13.8 Å². The highest BCUT2D eigenvalue weighted by molar-refractivity contribution is 7.84. The predicted molar refractivity (Wildman–Crippen MR) is 67.7 cm³/mol. The summed E-state index contributed by atoms with van der Waals surface area (Å²) in [4.78, 5) is 22.5. The summed E-state index contributed by atoms with van der Waals surface area (Å²) in [5.41, 5.74) is 0.769. The maximum absolute atomic E-state index is 11.2. The lowest BCUT2D eigenvalue weighted by Crippen LogP contribution is -2.41. The Kier molecular flexibility index (Phi) is 5.03. The highest BCUT2D eigenvalue weighted by atomic mass is 32.2. The number of carboxylic acids is 1. The van der Waals surface area contributed by atoms with E-state index >= 15 is 0 Å². The molecule has 0 aliphatic rings. The number of carbonyl (C=O) groups is 2. The normalized spacial score (nSPS) is 13.7. The Morgan fingerprint density at radius 2 is 1.89 bits per heavy atom. The molecule has 2 unspecified atom stereocenters. The largest absolute Gasteiger partial charge is 0.480 e. The average Bonchev–Trinajstić information content (AvgIpc) is 2.28. The Morgan fingerprint density at radius 3 is 2.28 bits per heavy atom. The molecule has 98 valence electrons. The minimum absolute atomic E-state index is 0.200. The third kappa shape index (κ3) is 4.29. The summed E-state index contributed by atoms with van der Waals surface area (Å²) in [5.74, 6) is -1.46. The van der Waals surface area contributed by atoms with E-state index in [1.165, 1.54) is 6.92 Å². The molecule has 0 spiro atoms. The van der Waals surface area contributed by atoms with E-state index < -0.39 is 22.8 Å². The second-order valence-electron chi connectivity index (χ2n) is 3.89. The number of aliphatic carboxylic acids is 1. The smallest absolute Gasteiger partial charge is 0.326 e. The molecule has 0 fully saturated rings. The van der Waals surface area contributed by atoms with E-state index in [0.29, 0.717) is 4.90 Å². The molecular formula is C12H15NO4S. The maximum Gasteiger partial charge on any atom is 0.326 e. The van der Waals surface area contributed by atoms with Crippen LogP contribution in [0.5, 0.6) is 0 Å². The Morgan fingerprint density at radius 1 is 1.33 bits per heavy atom. The van der Waals surface area contributed by atoms with Crippen LogP contribution in [0.2, 0.25) is 0 Å². The molecule has 0 bridgehead atoms. The van der Waals surface area contributed by atoms with Gasteiger partial charge in [-0.3, -0.25) is 9.00 Å². The number of rotatable bonds is 5. The van der Waals surface area contributed by atoms with Crippen molar-refractivity contribution in [2.45, 2.75) is 24.3 Å². The zero-order valence-corrected chi connectivity index (χ0v) is 11.0. The first kappa shape index (κ1) is 14.4. The quantitative estimate of drug-likeness (QED) is 0.818. The molecule has 5 nitrogen and oxygen atoms in total. The maximum atomic E-state index is 11.2. The fourth-order valence-electron chi connectivity index (χ4n) is 1.50. The van der Waals surface area contributed by atoms with Crippen molar-refractivity contribution in [1.29, 1.82) is 0 Å². The molecule has 0 aliphatic heterocycles. The van der Waals surface area contributed by atoms with Crippen molar-refractivity contribution in [3.63, 3.8) is 0 Å². The molecule has 0 aromatic heterocycles. The summed E-state index contributed by atoms with van der Waals surface area (Å²) in [6.45, 7) is 1.28. The van der Waals surface area contributed by atoms with Crippen molar-refractivity contribution in [2.75, 3.05) is 6.26 Å². The van der Waals surface area contributed by atoms with Crippen molar-refractivity contribution in [1.82, 2.24) is 5.32 Å².